The van der Waals surface area contributed by atoms with Gasteiger partial charge >= 0.3 is 0 Å². The van der Waals surface area contributed by atoms with Crippen LogP contribution < -0.4 is 15.5 Å². The maximum atomic E-state index is 2.59. The molecule has 0 spiro atoms. The molecule has 2 atom stereocenters. The van der Waals surface area contributed by atoms with E-state index < -0.39 is 0 Å². The van der Waals surface area contributed by atoms with Crippen LogP contribution in [0.15, 0.2) is 194 Å². The zero-order valence-corrected chi connectivity index (χ0v) is 31.6. The van der Waals surface area contributed by atoms with Crippen molar-refractivity contribution in [2.45, 2.75) is 12.0 Å². The molecule has 8 aromatic carbocycles. The summed E-state index contributed by atoms with van der Waals surface area (Å²) in [5.41, 5.74) is 13.4. The molecule has 4 nitrogen and oxygen atoms in total. The topological polar surface area (TPSA) is 18.0 Å². The lowest BCUT2D eigenvalue weighted by Crippen LogP contribution is -2.40. The van der Waals surface area contributed by atoms with E-state index in [0.717, 1.165) is 11.4 Å². The molecule has 0 radical (unpaired) electrons. The molecule has 58 heavy (non-hydrogen) atoms. The Bertz CT molecular complexity index is 3570. The van der Waals surface area contributed by atoms with Crippen LogP contribution in [0.25, 0.3) is 83.7 Å². The summed E-state index contributed by atoms with van der Waals surface area (Å²) in [7, 11) is 0. The Morgan fingerprint density at radius 2 is 0.845 bits per heavy atom. The van der Waals surface area contributed by atoms with Gasteiger partial charge in [0.1, 0.15) is 0 Å². The number of benzene rings is 8. The van der Waals surface area contributed by atoms with Crippen LogP contribution in [0.3, 0.4) is 0 Å². The fraction of sp³-hybridized carbons (Fsp3) is 0.0370. The zero-order valence-electron chi connectivity index (χ0n) is 31.6. The van der Waals surface area contributed by atoms with Crippen molar-refractivity contribution in [1.29, 1.82) is 0 Å². The van der Waals surface area contributed by atoms with Gasteiger partial charge in [-0.1, -0.05) is 115 Å². The predicted molar refractivity (Wildman–Crippen MR) is 242 cm³/mol. The molecule has 0 fully saturated rings. The number of fused-ring (bicyclic) bond motifs is 12. The molecule has 4 heterocycles. The summed E-state index contributed by atoms with van der Waals surface area (Å²) in [5.74, 6) is 0.212. The second-order valence-corrected chi connectivity index (χ2v) is 15.7. The smallest absolute Gasteiger partial charge is 0.0650 e. The van der Waals surface area contributed by atoms with E-state index in [9.17, 15) is 0 Å². The van der Waals surface area contributed by atoms with Gasteiger partial charge in [0.05, 0.1) is 39.0 Å². The van der Waals surface area contributed by atoms with Crippen molar-refractivity contribution >= 4 is 78.0 Å². The Hall–Kier alpha value is -7.56. The monoisotopic (exact) mass is 740 g/mol. The summed E-state index contributed by atoms with van der Waals surface area (Å²) in [5, 5.41) is 8.87. The Morgan fingerprint density at radius 3 is 1.53 bits per heavy atom. The Balaban J connectivity index is 1.08. The first kappa shape index (κ1) is 31.6. The normalized spacial score (nSPS) is 15.8. The summed E-state index contributed by atoms with van der Waals surface area (Å²) < 4.78 is 7.32. The van der Waals surface area contributed by atoms with Crippen LogP contribution in [-0.4, -0.2) is 19.7 Å². The summed E-state index contributed by atoms with van der Waals surface area (Å²) in [6.07, 6.45) is 5.08. The van der Waals surface area contributed by atoms with Gasteiger partial charge in [0.2, 0.25) is 0 Å². The lowest BCUT2D eigenvalue weighted by Gasteiger charge is -2.29. The summed E-state index contributed by atoms with van der Waals surface area (Å²) in [6.45, 7) is 0. The third kappa shape index (κ3) is 4.34. The third-order valence-corrected chi connectivity index (χ3v) is 12.7. The molecular weight excluding hydrogens is 705 g/mol. The first-order valence-electron chi connectivity index (χ1n) is 20.2. The molecule has 11 aromatic rings. The largest absolute Gasteiger partial charge is 0.333 e. The SMILES string of the molecule is C1=c2c(n(-c3ccccc3)c3ccccc23)=CC2C1c1ccccc1N2c1ccc2c(c1)c1cc3c4ccccc4n(-c4ccccc4)c3cc1n2-c1ccccc1. The molecule has 0 saturated heterocycles. The lowest BCUT2D eigenvalue weighted by molar-refractivity contribution is 0.796. The number of para-hydroxylation sites is 6. The molecule has 4 heteroatoms. The number of hydrogen-bond donors (Lipinski definition) is 0. The van der Waals surface area contributed by atoms with Crippen LogP contribution in [0.2, 0.25) is 0 Å². The minimum atomic E-state index is 0.104. The molecule has 0 N–H and O–H groups in total. The highest BCUT2D eigenvalue weighted by Crippen LogP contribution is 2.49. The summed E-state index contributed by atoms with van der Waals surface area (Å²) in [4.78, 5) is 2.59. The lowest BCUT2D eigenvalue weighted by atomic mass is 9.90. The molecule has 13 rings (SSSR count). The van der Waals surface area contributed by atoms with Gasteiger partial charge < -0.3 is 18.6 Å². The molecule has 3 aromatic heterocycles. The van der Waals surface area contributed by atoms with Gasteiger partial charge in [-0.2, -0.15) is 0 Å². The van der Waals surface area contributed by atoms with E-state index in [4.69, 9.17) is 0 Å². The minimum absolute atomic E-state index is 0.104. The number of aromatic nitrogens is 3. The van der Waals surface area contributed by atoms with Crippen molar-refractivity contribution in [2.75, 3.05) is 4.90 Å². The van der Waals surface area contributed by atoms with Gasteiger partial charge in [-0.3, -0.25) is 0 Å². The highest BCUT2D eigenvalue weighted by molar-refractivity contribution is 6.19. The van der Waals surface area contributed by atoms with Gasteiger partial charge in [-0.15, -0.1) is 0 Å². The van der Waals surface area contributed by atoms with Gasteiger partial charge in [0, 0.05) is 66.5 Å². The van der Waals surface area contributed by atoms with Gasteiger partial charge in [0.15, 0.2) is 0 Å². The van der Waals surface area contributed by atoms with Gasteiger partial charge in [-0.25, -0.2) is 0 Å². The summed E-state index contributed by atoms with van der Waals surface area (Å²) in [6, 6.07) is 71.2. The van der Waals surface area contributed by atoms with Crippen molar-refractivity contribution in [1.82, 2.24) is 13.7 Å². The highest BCUT2D eigenvalue weighted by Gasteiger charge is 2.39. The van der Waals surface area contributed by atoms with Crippen molar-refractivity contribution < 1.29 is 0 Å². The Kier molecular flexibility index (Phi) is 6.53. The fourth-order valence-corrected chi connectivity index (χ4v) is 10.3. The molecule has 2 aliphatic rings. The van der Waals surface area contributed by atoms with Crippen LogP contribution in [0.5, 0.6) is 0 Å². The van der Waals surface area contributed by atoms with Crippen molar-refractivity contribution in [3.05, 3.63) is 210 Å². The predicted octanol–water partition coefficient (Wildman–Crippen LogP) is 11.7. The van der Waals surface area contributed by atoms with E-state index in [2.05, 4.69) is 225 Å². The summed E-state index contributed by atoms with van der Waals surface area (Å²) >= 11 is 0. The van der Waals surface area contributed by atoms with Crippen molar-refractivity contribution in [2.24, 2.45) is 0 Å². The van der Waals surface area contributed by atoms with Crippen LogP contribution in [0, 0.1) is 0 Å². The number of hydrogen-bond acceptors (Lipinski definition) is 1. The molecule has 272 valence electrons. The van der Waals surface area contributed by atoms with E-state index in [0.29, 0.717) is 0 Å². The Morgan fingerprint density at radius 1 is 0.328 bits per heavy atom. The molecule has 0 bridgehead atoms. The van der Waals surface area contributed by atoms with Crippen LogP contribution >= 0.6 is 0 Å². The first-order valence-corrected chi connectivity index (χ1v) is 20.2. The molecule has 1 aliphatic heterocycles. The van der Waals surface area contributed by atoms with Gasteiger partial charge in [-0.05, 0) is 96.6 Å². The standard InChI is InChI=1S/C54H36N4/c1-4-16-35(17-5-1)55-47-25-13-10-22-39(47)43-31-44-41-24-12-15-27-49(41)58(53(44)33-51(43)55)38-28-29-50-42(30-38)46-32-45-40-23-11-14-26-48(40)56(36-18-6-2-7-19-36)52(45)34-54(46)57(50)37-20-8-3-9-21-37/h1-34,44,53H. The van der Waals surface area contributed by atoms with E-state index in [-0.39, 0.29) is 12.0 Å². The van der Waals surface area contributed by atoms with Crippen molar-refractivity contribution in [3.63, 3.8) is 0 Å². The minimum Gasteiger partial charge on any atom is -0.333 e. The van der Waals surface area contributed by atoms with E-state index >= 15 is 0 Å². The number of nitrogens with zero attached hydrogens (tertiary/aromatic N) is 4. The van der Waals surface area contributed by atoms with Crippen LogP contribution in [0.1, 0.15) is 11.5 Å². The van der Waals surface area contributed by atoms with Gasteiger partial charge in [0.25, 0.3) is 0 Å². The number of rotatable bonds is 4. The zero-order chi connectivity index (χ0) is 37.9. The van der Waals surface area contributed by atoms with Crippen LogP contribution in [-0.2, 0) is 0 Å². The second-order valence-electron chi connectivity index (χ2n) is 15.7. The molecule has 0 amide bonds. The van der Waals surface area contributed by atoms with E-state index in [1.165, 1.54) is 87.7 Å². The molecule has 2 unspecified atom stereocenters. The quantitative estimate of drug-likeness (QED) is 0.176. The van der Waals surface area contributed by atoms with Crippen LogP contribution in [0.4, 0.5) is 11.4 Å². The molecule has 0 saturated carbocycles. The van der Waals surface area contributed by atoms with Crippen molar-refractivity contribution in [3.8, 4) is 17.1 Å². The fourth-order valence-electron chi connectivity index (χ4n) is 10.3. The Labute approximate surface area is 334 Å². The average Bonchev–Trinajstić information content (AvgIpc) is 4.00. The molecule has 1 aliphatic carbocycles. The average molecular weight is 741 g/mol. The maximum Gasteiger partial charge on any atom is 0.0650 e. The highest BCUT2D eigenvalue weighted by atomic mass is 15.2. The third-order valence-electron chi connectivity index (χ3n) is 12.7. The number of anilines is 2. The molecular formula is C54H36N4. The maximum absolute atomic E-state index is 2.59. The second kappa shape index (κ2) is 12.0. The van der Waals surface area contributed by atoms with E-state index in [1.54, 1.807) is 0 Å². The first-order chi connectivity index (χ1) is 28.8. The van der Waals surface area contributed by atoms with E-state index in [1.807, 2.05) is 0 Å².